The molecule has 0 fully saturated rings. The Morgan fingerprint density at radius 1 is 1.35 bits per heavy atom. The Morgan fingerprint density at radius 3 is 2.83 bits per heavy atom. The number of anilines is 1. The van der Waals surface area contributed by atoms with Crippen LogP contribution in [-0.2, 0) is 6.42 Å². The second kappa shape index (κ2) is 6.72. The molecular weight excluding hydrogens is 306 g/mol. The Kier molecular flexibility index (Phi) is 4.68. The summed E-state index contributed by atoms with van der Waals surface area (Å²) in [6.45, 7) is 2.71. The number of hydrogen-bond acceptors (Lipinski definition) is 3. The second-order valence-electron chi connectivity index (χ2n) is 6.23. The van der Waals surface area contributed by atoms with E-state index in [1.165, 1.54) is 10.4 Å². The molecule has 5 heteroatoms. The van der Waals surface area contributed by atoms with Crippen molar-refractivity contribution in [2.75, 3.05) is 25.5 Å². The molecule has 1 aromatic carbocycles. The second-order valence-corrected chi connectivity index (χ2v) is 7.21. The number of benzene rings is 1. The number of likely N-dealkylation sites (N-methyl/N-ethyl adjacent to an activating group) is 1. The molecule has 1 aliphatic heterocycles. The van der Waals surface area contributed by atoms with Gasteiger partial charge >= 0.3 is 6.03 Å². The number of nitrogens with zero attached hydrogens (tertiary/aromatic N) is 2. The van der Waals surface area contributed by atoms with Gasteiger partial charge < -0.3 is 10.2 Å². The van der Waals surface area contributed by atoms with Crippen LogP contribution in [0.5, 0.6) is 0 Å². The predicted octanol–water partition coefficient (Wildman–Crippen LogP) is 3.51. The Balaban J connectivity index is 1.70. The van der Waals surface area contributed by atoms with E-state index in [-0.39, 0.29) is 18.1 Å². The van der Waals surface area contributed by atoms with Crippen LogP contribution in [0, 0.1) is 0 Å². The third-order valence-electron chi connectivity index (χ3n) is 4.37. The molecule has 2 aromatic rings. The van der Waals surface area contributed by atoms with Crippen LogP contribution in [0.3, 0.4) is 0 Å². The van der Waals surface area contributed by atoms with E-state index in [9.17, 15) is 4.79 Å². The van der Waals surface area contributed by atoms with Gasteiger partial charge in [0, 0.05) is 23.2 Å². The highest BCUT2D eigenvalue weighted by Gasteiger charge is 2.31. The average Bonchev–Trinajstić information content (AvgIpc) is 3.13. The fourth-order valence-electron chi connectivity index (χ4n) is 3.16. The van der Waals surface area contributed by atoms with Gasteiger partial charge in [-0.15, -0.1) is 11.3 Å². The number of fused-ring (bicyclic) bond motifs is 1. The first-order valence-corrected chi connectivity index (χ1v) is 8.80. The minimum Gasteiger partial charge on any atom is -0.336 e. The highest BCUT2D eigenvalue weighted by molar-refractivity contribution is 7.10. The fourth-order valence-corrected chi connectivity index (χ4v) is 4.09. The number of carbonyl (C=O) groups is 1. The molecule has 0 bridgehead atoms. The lowest BCUT2D eigenvalue weighted by atomic mass is 10.1. The van der Waals surface area contributed by atoms with Gasteiger partial charge in [0.15, 0.2) is 0 Å². The van der Waals surface area contributed by atoms with Crippen LogP contribution in [0.4, 0.5) is 10.5 Å². The first-order valence-electron chi connectivity index (χ1n) is 7.92. The van der Waals surface area contributed by atoms with E-state index >= 15 is 0 Å². The molecule has 2 atom stereocenters. The first kappa shape index (κ1) is 16.0. The van der Waals surface area contributed by atoms with Crippen molar-refractivity contribution in [3.63, 3.8) is 0 Å². The molecule has 23 heavy (non-hydrogen) atoms. The van der Waals surface area contributed by atoms with Gasteiger partial charge in [0.25, 0.3) is 0 Å². The number of nitrogens with one attached hydrogen (secondary N) is 1. The summed E-state index contributed by atoms with van der Waals surface area (Å²) >= 11 is 1.73. The zero-order valence-corrected chi connectivity index (χ0v) is 14.6. The van der Waals surface area contributed by atoms with Crippen LogP contribution in [0.1, 0.15) is 23.4 Å². The minimum absolute atomic E-state index is 0.00847. The topological polar surface area (TPSA) is 35.6 Å². The Morgan fingerprint density at radius 2 is 2.13 bits per heavy atom. The van der Waals surface area contributed by atoms with E-state index in [0.29, 0.717) is 6.54 Å². The highest BCUT2D eigenvalue weighted by Crippen LogP contribution is 2.31. The van der Waals surface area contributed by atoms with E-state index in [1.807, 2.05) is 37.2 Å². The molecule has 122 valence electrons. The summed E-state index contributed by atoms with van der Waals surface area (Å²) < 4.78 is 0. The molecule has 4 nitrogen and oxygen atoms in total. The molecule has 1 aromatic heterocycles. The predicted molar refractivity (Wildman–Crippen MR) is 96.2 cm³/mol. The van der Waals surface area contributed by atoms with Gasteiger partial charge in [-0.3, -0.25) is 4.90 Å². The molecule has 0 spiro atoms. The van der Waals surface area contributed by atoms with E-state index in [2.05, 4.69) is 40.7 Å². The largest absolute Gasteiger partial charge is 0.336 e. The number of rotatable bonds is 4. The molecule has 1 N–H and O–H groups in total. The maximum atomic E-state index is 12.7. The number of carbonyl (C=O) groups excluding carboxylic acids is 1. The van der Waals surface area contributed by atoms with Gasteiger partial charge in [-0.05, 0) is 50.5 Å². The zero-order chi connectivity index (χ0) is 16.4. The van der Waals surface area contributed by atoms with E-state index in [0.717, 1.165) is 12.1 Å². The van der Waals surface area contributed by atoms with Crippen molar-refractivity contribution >= 4 is 23.1 Å². The SMILES string of the molecule is CC1Cc2ccccc2N1C(=O)NCC(c1cccs1)N(C)C. The maximum Gasteiger partial charge on any atom is 0.322 e. The van der Waals surface area contributed by atoms with Crippen molar-refractivity contribution in [1.82, 2.24) is 10.2 Å². The lowest BCUT2D eigenvalue weighted by molar-refractivity contribution is 0.237. The standard InChI is InChI=1S/C18H23N3OS/c1-13-11-14-7-4-5-8-15(14)21(13)18(22)19-12-16(20(2)3)17-9-6-10-23-17/h4-10,13,16H,11-12H2,1-3H3,(H,19,22). The minimum atomic E-state index is -0.00847. The number of urea groups is 1. The van der Waals surface area contributed by atoms with Crippen LogP contribution in [0.15, 0.2) is 41.8 Å². The molecule has 0 radical (unpaired) electrons. The van der Waals surface area contributed by atoms with Crippen LogP contribution in [0.2, 0.25) is 0 Å². The summed E-state index contributed by atoms with van der Waals surface area (Å²) in [6.07, 6.45) is 0.922. The van der Waals surface area contributed by atoms with Crippen molar-refractivity contribution in [2.24, 2.45) is 0 Å². The summed E-state index contributed by atoms with van der Waals surface area (Å²) in [5.41, 5.74) is 2.28. The molecular formula is C18H23N3OS. The summed E-state index contributed by atoms with van der Waals surface area (Å²) in [7, 11) is 4.09. The molecule has 2 heterocycles. The first-order chi connectivity index (χ1) is 11.1. The molecule has 3 rings (SSSR count). The van der Waals surface area contributed by atoms with Crippen molar-refractivity contribution in [2.45, 2.75) is 25.4 Å². The van der Waals surface area contributed by atoms with E-state index in [4.69, 9.17) is 0 Å². The van der Waals surface area contributed by atoms with Crippen molar-refractivity contribution in [1.29, 1.82) is 0 Å². The summed E-state index contributed by atoms with van der Waals surface area (Å²) in [5, 5.41) is 5.19. The van der Waals surface area contributed by atoms with Gasteiger partial charge in [-0.1, -0.05) is 24.3 Å². The fraction of sp³-hybridized carbons (Fsp3) is 0.389. The van der Waals surface area contributed by atoms with Crippen LogP contribution >= 0.6 is 11.3 Å². The molecule has 0 aliphatic carbocycles. The van der Waals surface area contributed by atoms with Crippen LogP contribution in [-0.4, -0.2) is 37.6 Å². The lowest BCUT2D eigenvalue weighted by Crippen LogP contribution is -2.45. The van der Waals surface area contributed by atoms with Gasteiger partial charge in [0.05, 0.1) is 6.04 Å². The zero-order valence-electron chi connectivity index (χ0n) is 13.8. The third kappa shape index (κ3) is 3.26. The Labute approximate surface area is 141 Å². The van der Waals surface area contributed by atoms with Gasteiger partial charge in [0.2, 0.25) is 0 Å². The van der Waals surface area contributed by atoms with E-state index < -0.39 is 0 Å². The molecule has 2 amide bonds. The maximum absolute atomic E-state index is 12.7. The molecule has 2 unspecified atom stereocenters. The monoisotopic (exact) mass is 329 g/mol. The molecule has 0 saturated heterocycles. The molecule has 0 saturated carbocycles. The van der Waals surface area contributed by atoms with Crippen molar-refractivity contribution < 1.29 is 4.79 Å². The molecule has 1 aliphatic rings. The van der Waals surface area contributed by atoms with E-state index in [1.54, 1.807) is 11.3 Å². The van der Waals surface area contributed by atoms with Gasteiger partial charge in [-0.2, -0.15) is 0 Å². The summed E-state index contributed by atoms with van der Waals surface area (Å²) in [5.74, 6) is 0. The summed E-state index contributed by atoms with van der Waals surface area (Å²) in [6, 6.07) is 12.7. The quantitative estimate of drug-likeness (QED) is 0.932. The van der Waals surface area contributed by atoms with Gasteiger partial charge in [-0.25, -0.2) is 4.79 Å². The number of thiophene rings is 1. The smallest absolute Gasteiger partial charge is 0.322 e. The highest BCUT2D eigenvalue weighted by atomic mass is 32.1. The van der Waals surface area contributed by atoms with Gasteiger partial charge in [0.1, 0.15) is 0 Å². The van der Waals surface area contributed by atoms with Crippen molar-refractivity contribution in [3.05, 3.63) is 52.2 Å². The number of hydrogen-bond donors (Lipinski definition) is 1. The Hall–Kier alpha value is -1.85. The third-order valence-corrected chi connectivity index (χ3v) is 5.34. The average molecular weight is 329 g/mol. The normalized spacial score (nSPS) is 18.1. The van der Waals surface area contributed by atoms with Crippen LogP contribution in [0.25, 0.3) is 0 Å². The lowest BCUT2D eigenvalue weighted by Gasteiger charge is -2.27. The van der Waals surface area contributed by atoms with Crippen molar-refractivity contribution in [3.8, 4) is 0 Å². The van der Waals surface area contributed by atoms with Crippen LogP contribution < -0.4 is 10.2 Å². The summed E-state index contributed by atoms with van der Waals surface area (Å²) in [4.78, 5) is 18.0. The number of amides is 2. The Bertz CT molecular complexity index is 669. The number of para-hydroxylation sites is 1.